The number of pyridine rings is 1. The highest BCUT2D eigenvalue weighted by molar-refractivity contribution is 6.08. The number of carbonyl (C=O) groups excluding carboxylic acids is 2. The van der Waals surface area contributed by atoms with E-state index < -0.39 is 5.54 Å². The van der Waals surface area contributed by atoms with E-state index in [-0.39, 0.29) is 11.9 Å². The van der Waals surface area contributed by atoms with Crippen molar-refractivity contribution in [2.75, 3.05) is 6.61 Å². The van der Waals surface area contributed by atoms with Crippen molar-refractivity contribution < 1.29 is 14.3 Å². The smallest absolute Gasteiger partial charge is 0.331 e. The molecule has 1 heterocycles. The molecule has 3 rings (SSSR count). The molecule has 1 aliphatic rings. The first-order valence-corrected chi connectivity index (χ1v) is 8.83. The minimum atomic E-state index is -0.902. The molecule has 1 aromatic heterocycles. The predicted molar refractivity (Wildman–Crippen MR) is 96.5 cm³/mol. The second kappa shape index (κ2) is 6.82. The van der Waals surface area contributed by atoms with E-state index in [1.165, 1.54) is 0 Å². The van der Waals surface area contributed by atoms with E-state index in [4.69, 9.17) is 4.74 Å². The van der Waals surface area contributed by atoms with Crippen LogP contribution >= 0.6 is 0 Å². The summed E-state index contributed by atoms with van der Waals surface area (Å²) >= 11 is 0. The Labute approximate surface area is 147 Å². The van der Waals surface area contributed by atoms with Crippen molar-refractivity contribution in [2.24, 2.45) is 0 Å². The van der Waals surface area contributed by atoms with Gasteiger partial charge in [-0.25, -0.2) is 4.79 Å². The Morgan fingerprint density at radius 3 is 2.60 bits per heavy atom. The molecule has 25 heavy (non-hydrogen) atoms. The number of hydrogen-bond donors (Lipinski definition) is 1. The number of carbonyl (C=O) groups is 2. The van der Waals surface area contributed by atoms with Gasteiger partial charge in [0.15, 0.2) is 0 Å². The molecule has 132 valence electrons. The molecular weight excluding hydrogens is 316 g/mol. The Balaban J connectivity index is 1.99. The van der Waals surface area contributed by atoms with Gasteiger partial charge in [-0.15, -0.1) is 0 Å². The standard InChI is InChI=1S/C20H24N2O3/c1-4-25-19(24)20(9-5-6-10-20)22-18(23)16-12-14(3)21-17-8-7-13(2)11-15(16)17/h7-8,11-12H,4-6,9-10H2,1-3H3,(H,22,23). The molecule has 0 bridgehead atoms. The van der Waals surface area contributed by atoms with Gasteiger partial charge in [0.2, 0.25) is 0 Å². The van der Waals surface area contributed by atoms with Crippen LogP contribution in [0.4, 0.5) is 0 Å². The van der Waals surface area contributed by atoms with Crippen LogP contribution in [0.1, 0.15) is 54.2 Å². The lowest BCUT2D eigenvalue weighted by molar-refractivity contribution is -0.150. The molecule has 1 fully saturated rings. The number of benzene rings is 1. The van der Waals surface area contributed by atoms with Crippen molar-refractivity contribution in [1.29, 1.82) is 0 Å². The molecule has 1 amide bonds. The first-order chi connectivity index (χ1) is 11.9. The van der Waals surface area contributed by atoms with Gasteiger partial charge in [-0.2, -0.15) is 0 Å². The molecule has 2 aromatic rings. The highest BCUT2D eigenvalue weighted by Gasteiger charge is 2.44. The van der Waals surface area contributed by atoms with Crippen LogP contribution in [0.15, 0.2) is 24.3 Å². The third kappa shape index (κ3) is 3.36. The number of hydrogen-bond acceptors (Lipinski definition) is 4. The molecule has 0 spiro atoms. The lowest BCUT2D eigenvalue weighted by Gasteiger charge is -2.28. The van der Waals surface area contributed by atoms with Crippen LogP contribution in [-0.2, 0) is 9.53 Å². The molecule has 1 aliphatic carbocycles. The zero-order chi connectivity index (χ0) is 18.0. The minimum absolute atomic E-state index is 0.240. The Morgan fingerprint density at radius 2 is 1.92 bits per heavy atom. The van der Waals surface area contributed by atoms with Crippen molar-refractivity contribution in [3.05, 3.63) is 41.1 Å². The van der Waals surface area contributed by atoms with Crippen LogP contribution in [0.2, 0.25) is 0 Å². The fraction of sp³-hybridized carbons (Fsp3) is 0.450. The Kier molecular flexibility index (Phi) is 4.75. The van der Waals surface area contributed by atoms with Gasteiger partial charge < -0.3 is 10.1 Å². The van der Waals surface area contributed by atoms with Crippen LogP contribution in [0.3, 0.4) is 0 Å². The van der Waals surface area contributed by atoms with E-state index in [1.807, 2.05) is 32.0 Å². The summed E-state index contributed by atoms with van der Waals surface area (Å²) in [4.78, 5) is 30.0. The van der Waals surface area contributed by atoms with Gasteiger partial charge in [-0.3, -0.25) is 9.78 Å². The second-order valence-electron chi connectivity index (χ2n) is 6.80. The third-order valence-corrected chi connectivity index (χ3v) is 4.81. The van der Waals surface area contributed by atoms with Crippen molar-refractivity contribution in [3.8, 4) is 0 Å². The number of aryl methyl sites for hydroxylation is 2. The van der Waals surface area contributed by atoms with E-state index >= 15 is 0 Å². The number of esters is 1. The molecule has 1 aromatic carbocycles. The maximum Gasteiger partial charge on any atom is 0.331 e. The van der Waals surface area contributed by atoms with Gasteiger partial charge in [0.05, 0.1) is 17.7 Å². The lowest BCUT2D eigenvalue weighted by atomic mass is 9.96. The van der Waals surface area contributed by atoms with E-state index in [9.17, 15) is 9.59 Å². The highest BCUT2D eigenvalue weighted by atomic mass is 16.5. The second-order valence-corrected chi connectivity index (χ2v) is 6.80. The largest absolute Gasteiger partial charge is 0.464 e. The summed E-state index contributed by atoms with van der Waals surface area (Å²) in [5.41, 5.74) is 2.28. The lowest BCUT2D eigenvalue weighted by Crippen LogP contribution is -2.53. The summed E-state index contributed by atoms with van der Waals surface area (Å²) < 4.78 is 5.23. The quantitative estimate of drug-likeness (QED) is 0.866. The van der Waals surface area contributed by atoms with Crippen LogP contribution < -0.4 is 5.32 Å². The summed E-state index contributed by atoms with van der Waals surface area (Å²) in [6.45, 7) is 5.95. The summed E-state index contributed by atoms with van der Waals surface area (Å²) in [6.07, 6.45) is 3.07. The van der Waals surface area contributed by atoms with Crippen LogP contribution in [-0.4, -0.2) is 29.0 Å². The molecule has 0 unspecified atom stereocenters. The summed E-state index contributed by atoms with van der Waals surface area (Å²) in [5, 5.41) is 3.80. The van der Waals surface area contributed by atoms with Gasteiger partial charge in [0.1, 0.15) is 5.54 Å². The molecule has 0 saturated heterocycles. The number of rotatable bonds is 4. The van der Waals surface area contributed by atoms with E-state index in [2.05, 4.69) is 10.3 Å². The van der Waals surface area contributed by atoms with Crippen LogP contribution in [0.25, 0.3) is 10.9 Å². The van der Waals surface area contributed by atoms with Gasteiger partial charge in [-0.1, -0.05) is 24.5 Å². The first kappa shape index (κ1) is 17.4. The number of fused-ring (bicyclic) bond motifs is 1. The number of ether oxygens (including phenoxy) is 1. The average Bonchev–Trinajstić information content (AvgIpc) is 3.04. The first-order valence-electron chi connectivity index (χ1n) is 8.83. The third-order valence-electron chi connectivity index (χ3n) is 4.81. The Bertz CT molecular complexity index is 823. The Hall–Kier alpha value is -2.43. The zero-order valence-corrected chi connectivity index (χ0v) is 15.0. The van der Waals surface area contributed by atoms with Crippen molar-refractivity contribution in [3.63, 3.8) is 0 Å². The van der Waals surface area contributed by atoms with E-state index in [0.717, 1.165) is 35.0 Å². The molecule has 0 aliphatic heterocycles. The predicted octanol–water partition coefficient (Wildman–Crippen LogP) is 3.46. The van der Waals surface area contributed by atoms with E-state index in [1.54, 1.807) is 13.0 Å². The zero-order valence-electron chi connectivity index (χ0n) is 15.0. The normalized spacial score (nSPS) is 16.0. The molecule has 1 N–H and O–H groups in total. The monoisotopic (exact) mass is 340 g/mol. The minimum Gasteiger partial charge on any atom is -0.464 e. The topological polar surface area (TPSA) is 68.3 Å². The summed E-state index contributed by atoms with van der Waals surface area (Å²) in [5.74, 6) is -0.567. The molecule has 0 atom stereocenters. The maximum absolute atomic E-state index is 13.0. The summed E-state index contributed by atoms with van der Waals surface area (Å²) in [6, 6.07) is 7.64. The molecular formula is C20H24N2O3. The Morgan fingerprint density at radius 1 is 1.20 bits per heavy atom. The fourth-order valence-corrected chi connectivity index (χ4v) is 3.57. The van der Waals surface area contributed by atoms with Crippen LogP contribution in [0.5, 0.6) is 0 Å². The molecule has 0 radical (unpaired) electrons. The average molecular weight is 340 g/mol. The van der Waals surface area contributed by atoms with Crippen LogP contribution in [0, 0.1) is 13.8 Å². The van der Waals surface area contributed by atoms with Crippen molar-refractivity contribution in [2.45, 2.75) is 52.0 Å². The highest BCUT2D eigenvalue weighted by Crippen LogP contribution is 2.32. The SMILES string of the molecule is CCOC(=O)C1(NC(=O)c2cc(C)nc3ccc(C)cc23)CCCC1. The summed E-state index contributed by atoms with van der Waals surface area (Å²) in [7, 11) is 0. The molecule has 1 saturated carbocycles. The fourth-order valence-electron chi connectivity index (χ4n) is 3.57. The van der Waals surface area contributed by atoms with E-state index in [0.29, 0.717) is 25.0 Å². The van der Waals surface area contributed by atoms with Crippen molar-refractivity contribution in [1.82, 2.24) is 10.3 Å². The molecule has 5 heteroatoms. The number of nitrogens with one attached hydrogen (secondary N) is 1. The maximum atomic E-state index is 13.0. The number of aromatic nitrogens is 1. The number of nitrogens with zero attached hydrogens (tertiary/aromatic N) is 1. The molecule has 5 nitrogen and oxygen atoms in total. The van der Waals surface area contributed by atoms with Crippen molar-refractivity contribution >= 4 is 22.8 Å². The van der Waals surface area contributed by atoms with Gasteiger partial charge in [0, 0.05) is 11.1 Å². The number of amides is 1. The van der Waals surface area contributed by atoms with Gasteiger partial charge >= 0.3 is 5.97 Å². The van der Waals surface area contributed by atoms with Gasteiger partial charge in [0.25, 0.3) is 5.91 Å². The van der Waals surface area contributed by atoms with Gasteiger partial charge in [-0.05, 0) is 51.8 Å².